The number of carboxylic acids is 1. The molecule has 96 valence electrons. The number of hydrogen-bond donors (Lipinski definition) is 2. The zero-order valence-electron chi connectivity index (χ0n) is 9.96. The highest BCUT2D eigenvalue weighted by molar-refractivity contribution is 5.80. The van der Waals surface area contributed by atoms with Crippen molar-refractivity contribution >= 4 is 12.0 Å². The summed E-state index contributed by atoms with van der Waals surface area (Å²) in [5.41, 5.74) is 0. The fraction of sp³-hybridized carbons (Fsp3) is 0.364. The number of aryl methyl sites for hydroxylation is 1. The van der Waals surface area contributed by atoms with E-state index in [1.807, 2.05) is 0 Å². The van der Waals surface area contributed by atoms with E-state index < -0.39 is 18.5 Å². The van der Waals surface area contributed by atoms with Crippen LogP contribution in [0, 0.1) is 12.3 Å². The van der Waals surface area contributed by atoms with Crippen LogP contribution in [0.5, 0.6) is 0 Å². The third kappa shape index (κ3) is 3.83. The van der Waals surface area contributed by atoms with Crippen molar-refractivity contribution in [2.75, 3.05) is 13.1 Å². The predicted molar refractivity (Wildman–Crippen MR) is 63.5 cm³/mol. The third-order valence-electron chi connectivity index (χ3n) is 2.21. The second-order valence-corrected chi connectivity index (χ2v) is 3.57. The molecule has 0 aromatic carbocycles. The van der Waals surface area contributed by atoms with Crippen LogP contribution in [-0.2, 0) is 18.4 Å². The molecule has 2 N–H and O–H groups in total. The molecular formula is C11H14N4O3. The van der Waals surface area contributed by atoms with Gasteiger partial charge in [-0.25, -0.2) is 9.78 Å². The fourth-order valence-electron chi connectivity index (χ4n) is 1.31. The van der Waals surface area contributed by atoms with E-state index in [1.165, 1.54) is 0 Å². The maximum absolute atomic E-state index is 11.7. The second-order valence-electron chi connectivity index (χ2n) is 3.57. The minimum atomic E-state index is -1.11. The molecule has 1 heterocycles. The number of carbonyl (C=O) groups is 2. The van der Waals surface area contributed by atoms with Crippen molar-refractivity contribution in [1.82, 2.24) is 19.8 Å². The predicted octanol–water partition coefficient (Wildman–Crippen LogP) is -0.350. The number of nitrogens with zero attached hydrogens (tertiary/aromatic N) is 3. The number of nitrogens with one attached hydrogen (secondary N) is 1. The number of aliphatic carboxylic acids is 1. The number of urea groups is 1. The summed E-state index contributed by atoms with van der Waals surface area (Å²) < 4.78 is 1.75. The highest BCUT2D eigenvalue weighted by Gasteiger charge is 2.15. The lowest BCUT2D eigenvalue weighted by Crippen LogP contribution is -2.42. The van der Waals surface area contributed by atoms with Crippen molar-refractivity contribution in [3.63, 3.8) is 0 Å². The first-order valence-corrected chi connectivity index (χ1v) is 5.18. The minimum absolute atomic E-state index is 0.0568. The molecule has 0 aliphatic rings. The van der Waals surface area contributed by atoms with E-state index in [0.717, 1.165) is 4.90 Å². The minimum Gasteiger partial charge on any atom is -0.480 e. The Balaban J connectivity index is 2.54. The van der Waals surface area contributed by atoms with Gasteiger partial charge in [0.15, 0.2) is 0 Å². The summed E-state index contributed by atoms with van der Waals surface area (Å²) in [6, 6.07) is -0.529. The third-order valence-corrected chi connectivity index (χ3v) is 2.21. The van der Waals surface area contributed by atoms with E-state index in [-0.39, 0.29) is 13.1 Å². The Labute approximate surface area is 104 Å². The van der Waals surface area contributed by atoms with Gasteiger partial charge in [-0.05, 0) is 0 Å². The van der Waals surface area contributed by atoms with Crippen LogP contribution in [0.25, 0.3) is 0 Å². The summed E-state index contributed by atoms with van der Waals surface area (Å²) in [6.07, 6.45) is 8.43. The largest absolute Gasteiger partial charge is 0.480 e. The molecule has 0 fully saturated rings. The monoisotopic (exact) mass is 250 g/mol. The number of rotatable bonds is 5. The zero-order valence-corrected chi connectivity index (χ0v) is 9.96. The highest BCUT2D eigenvalue weighted by Crippen LogP contribution is 1.95. The van der Waals surface area contributed by atoms with Crippen LogP contribution in [-0.4, -0.2) is 44.6 Å². The van der Waals surface area contributed by atoms with Gasteiger partial charge in [0.25, 0.3) is 0 Å². The van der Waals surface area contributed by atoms with Crippen molar-refractivity contribution < 1.29 is 14.7 Å². The first-order chi connectivity index (χ1) is 8.54. The Kier molecular flexibility index (Phi) is 4.75. The van der Waals surface area contributed by atoms with E-state index in [2.05, 4.69) is 16.2 Å². The lowest BCUT2D eigenvalue weighted by atomic mass is 10.5. The lowest BCUT2D eigenvalue weighted by Gasteiger charge is -2.18. The summed E-state index contributed by atoms with van der Waals surface area (Å²) >= 11 is 0. The average molecular weight is 250 g/mol. The Morgan fingerprint density at radius 1 is 1.67 bits per heavy atom. The topological polar surface area (TPSA) is 87.5 Å². The van der Waals surface area contributed by atoms with Crippen LogP contribution in [0.3, 0.4) is 0 Å². The van der Waals surface area contributed by atoms with Crippen molar-refractivity contribution in [2.24, 2.45) is 7.05 Å². The molecule has 0 bridgehead atoms. The number of carbonyl (C=O) groups excluding carboxylic acids is 1. The molecule has 0 unspecified atom stereocenters. The average Bonchev–Trinajstić information content (AvgIpc) is 2.70. The molecule has 0 saturated heterocycles. The number of imidazole rings is 1. The number of carboxylic acid groups (broad SMARTS) is 1. The summed E-state index contributed by atoms with van der Waals surface area (Å²) in [7, 11) is 1.80. The SMILES string of the molecule is C#CCN(CC(=O)O)C(=O)NCc1nccn1C. The molecule has 1 rings (SSSR count). The Bertz CT molecular complexity index is 475. The van der Waals surface area contributed by atoms with E-state index in [4.69, 9.17) is 11.5 Å². The van der Waals surface area contributed by atoms with Gasteiger partial charge in [-0.3, -0.25) is 4.79 Å². The van der Waals surface area contributed by atoms with Crippen LogP contribution in [0.2, 0.25) is 0 Å². The van der Waals surface area contributed by atoms with Gasteiger partial charge in [0, 0.05) is 19.4 Å². The van der Waals surface area contributed by atoms with Gasteiger partial charge in [0.05, 0.1) is 13.1 Å². The highest BCUT2D eigenvalue weighted by atomic mass is 16.4. The number of amides is 2. The molecule has 1 aromatic heterocycles. The second kappa shape index (κ2) is 6.30. The van der Waals surface area contributed by atoms with E-state index in [9.17, 15) is 9.59 Å². The first-order valence-electron chi connectivity index (χ1n) is 5.18. The molecule has 7 heteroatoms. The van der Waals surface area contributed by atoms with Crippen LogP contribution in [0.15, 0.2) is 12.4 Å². The van der Waals surface area contributed by atoms with Crippen LogP contribution >= 0.6 is 0 Å². The molecule has 0 spiro atoms. The molecule has 0 atom stereocenters. The fourth-order valence-corrected chi connectivity index (χ4v) is 1.31. The summed E-state index contributed by atoms with van der Waals surface area (Å²) in [6.45, 7) is -0.279. The molecule has 0 saturated carbocycles. The van der Waals surface area contributed by atoms with Gasteiger partial charge in [-0.1, -0.05) is 5.92 Å². The molecule has 0 radical (unpaired) electrons. The molecule has 2 amide bonds. The van der Waals surface area contributed by atoms with Gasteiger partial charge in [-0.15, -0.1) is 6.42 Å². The maximum Gasteiger partial charge on any atom is 0.323 e. The van der Waals surface area contributed by atoms with E-state index >= 15 is 0 Å². The van der Waals surface area contributed by atoms with Crippen LogP contribution in [0.4, 0.5) is 4.79 Å². The number of terminal acetylenes is 1. The van der Waals surface area contributed by atoms with E-state index in [1.54, 1.807) is 24.0 Å². The molecule has 0 aliphatic heterocycles. The first kappa shape index (κ1) is 13.6. The van der Waals surface area contributed by atoms with Gasteiger partial charge in [-0.2, -0.15) is 0 Å². The summed E-state index contributed by atoms with van der Waals surface area (Å²) in [5.74, 6) is 1.79. The van der Waals surface area contributed by atoms with E-state index in [0.29, 0.717) is 5.82 Å². The van der Waals surface area contributed by atoms with Crippen molar-refractivity contribution in [1.29, 1.82) is 0 Å². The van der Waals surface area contributed by atoms with Crippen molar-refractivity contribution in [3.8, 4) is 12.3 Å². The van der Waals surface area contributed by atoms with Crippen molar-refractivity contribution in [2.45, 2.75) is 6.54 Å². The Hall–Kier alpha value is -2.49. The molecule has 1 aromatic rings. The summed E-state index contributed by atoms with van der Waals surface area (Å²) in [4.78, 5) is 27.3. The molecule has 18 heavy (non-hydrogen) atoms. The quantitative estimate of drug-likeness (QED) is 0.699. The zero-order chi connectivity index (χ0) is 13.5. The summed E-state index contributed by atoms with van der Waals surface area (Å²) in [5, 5.41) is 11.2. The van der Waals surface area contributed by atoms with Gasteiger partial charge < -0.3 is 19.9 Å². The molecular weight excluding hydrogens is 236 g/mol. The standard InChI is InChI=1S/C11H14N4O3/c1-3-5-15(8-10(16)17)11(18)13-7-9-12-4-6-14(9)2/h1,4,6H,5,7-8H2,2H3,(H,13,18)(H,16,17). The molecule has 0 aliphatic carbocycles. The maximum atomic E-state index is 11.7. The van der Waals surface area contributed by atoms with Gasteiger partial charge >= 0.3 is 12.0 Å². The molecule has 7 nitrogen and oxygen atoms in total. The van der Waals surface area contributed by atoms with Crippen LogP contribution in [0.1, 0.15) is 5.82 Å². The van der Waals surface area contributed by atoms with Gasteiger partial charge in [0.2, 0.25) is 0 Å². The normalized spacial score (nSPS) is 9.56. The Morgan fingerprint density at radius 2 is 2.39 bits per heavy atom. The Morgan fingerprint density at radius 3 is 2.89 bits per heavy atom. The van der Waals surface area contributed by atoms with Gasteiger partial charge in [0.1, 0.15) is 12.4 Å². The lowest BCUT2D eigenvalue weighted by molar-refractivity contribution is -0.137. The number of aromatic nitrogens is 2. The smallest absolute Gasteiger partial charge is 0.323 e. The number of hydrogen-bond acceptors (Lipinski definition) is 3. The van der Waals surface area contributed by atoms with Crippen molar-refractivity contribution in [3.05, 3.63) is 18.2 Å². The van der Waals surface area contributed by atoms with Crippen LogP contribution < -0.4 is 5.32 Å².